The average molecular weight is 1050 g/mol. The number of halogens is 2. The smallest absolute Gasteiger partial charge is 0.234 e. The maximum absolute atomic E-state index is 13.5. The van der Waals surface area contributed by atoms with Crippen LogP contribution in [0.5, 0.6) is 0 Å². The van der Waals surface area contributed by atoms with E-state index in [4.69, 9.17) is 10.6 Å². The third-order valence-corrected chi connectivity index (χ3v) is 13.0. The van der Waals surface area contributed by atoms with Gasteiger partial charge in [0.15, 0.2) is 0 Å². The van der Waals surface area contributed by atoms with Crippen molar-refractivity contribution < 1.29 is 33.7 Å². The van der Waals surface area contributed by atoms with Gasteiger partial charge in [-0.15, -0.1) is 0 Å². The Labute approximate surface area is 436 Å². The van der Waals surface area contributed by atoms with Crippen LogP contribution >= 0.6 is 0 Å². The fraction of sp³-hybridized carbons (Fsp3) is 0.320. The zero-order chi connectivity index (χ0) is 55.4. The summed E-state index contributed by atoms with van der Waals surface area (Å²) in [5.74, 6) is 12.3. The second-order valence-electron chi connectivity index (χ2n) is 17.6. The molecule has 9 rings (SSSR count). The molecule has 2 amide bonds. The van der Waals surface area contributed by atoms with E-state index in [1.807, 2.05) is 68.7 Å². The second-order valence-corrected chi connectivity index (χ2v) is 17.6. The van der Waals surface area contributed by atoms with Gasteiger partial charge in [0.2, 0.25) is 11.8 Å². The van der Waals surface area contributed by atoms with E-state index in [-0.39, 0.29) is 23.4 Å². The van der Waals surface area contributed by atoms with Gasteiger partial charge in [0.1, 0.15) is 23.0 Å². The molecule has 0 bridgehead atoms. The van der Waals surface area contributed by atoms with Crippen molar-refractivity contribution in [1.82, 2.24) is 29.8 Å². The Morgan fingerprint density at radius 2 is 1.16 bits per heavy atom. The maximum Gasteiger partial charge on any atom is 0.234 e. The van der Waals surface area contributed by atoms with Gasteiger partial charge >= 0.3 is 0 Å². The van der Waals surface area contributed by atoms with E-state index in [9.17, 15) is 28.6 Å². The number of nitrogens with zero attached hydrogens (tertiary/aromatic N) is 12. The molecule has 4 unspecified atom stereocenters. The predicted molar refractivity (Wildman–Crippen MR) is 282 cm³/mol. The summed E-state index contributed by atoms with van der Waals surface area (Å²) in [6.45, 7) is 6.48. The molecule has 2 aliphatic rings. The summed E-state index contributed by atoms with van der Waals surface area (Å²) in [4.78, 5) is 28.7. The van der Waals surface area contributed by atoms with Crippen LogP contribution in [0.4, 0.5) is 20.2 Å². The third-order valence-electron chi connectivity index (χ3n) is 13.0. The summed E-state index contributed by atoms with van der Waals surface area (Å²) in [5, 5.41) is 66.8. The summed E-state index contributed by atoms with van der Waals surface area (Å²) in [6, 6.07) is 33.8. The van der Waals surface area contributed by atoms with Crippen LogP contribution in [-0.4, -0.2) is 97.1 Å². The highest BCUT2D eigenvalue weighted by Gasteiger charge is 2.48. The van der Waals surface area contributed by atoms with Crippen molar-refractivity contribution in [2.24, 2.45) is 79.0 Å². The molecule has 0 aliphatic carbocycles. The number of nitrogens with one attached hydrogen (secondary N) is 4. The lowest BCUT2D eigenvalue weighted by Gasteiger charge is -2.31. The molecule has 13 N–H and O–H groups in total. The lowest BCUT2D eigenvalue weighted by atomic mass is 9.80. The van der Waals surface area contributed by atoms with E-state index in [0.717, 1.165) is 64.5 Å². The number of aromatic nitrogens is 4. The maximum atomic E-state index is 13.5. The topological polar surface area (TPSA) is 358 Å². The van der Waals surface area contributed by atoms with Crippen molar-refractivity contribution in [2.45, 2.75) is 45.4 Å². The Morgan fingerprint density at radius 1 is 0.697 bits per heavy atom. The summed E-state index contributed by atoms with van der Waals surface area (Å²) >= 11 is 0. The number of carbonyl (C=O) groups excluding carboxylic acids is 2. The van der Waals surface area contributed by atoms with Gasteiger partial charge in [-0.05, 0) is 151 Å². The van der Waals surface area contributed by atoms with Gasteiger partial charge in [0, 0.05) is 74.1 Å². The number of carbonyl (C=O) groups is 2. The minimum atomic E-state index is -0.890. The lowest BCUT2D eigenvalue weighted by Crippen LogP contribution is -2.46. The SMILES string of the molecule is CC(O)C1(C(=O)Nc2ccc3c(c2)c(-c2ccc(F)cc2)nn3C)CCN(Cc2ccccc2)C1.CC(O)C1(C(=O)Nc2ccc3c(c2)c(-c2ccc(F)cc2)nn3C)CCNC1.CO.N/N=N/N=N/N.N=N/N=N/N. The molecule has 76 heavy (non-hydrogen) atoms. The first kappa shape index (κ1) is 58.3. The Balaban J connectivity index is 0.000000232. The van der Waals surface area contributed by atoms with Crippen LogP contribution in [0.25, 0.3) is 44.3 Å². The number of likely N-dealkylation sites (tertiary alicyclic amines) is 1. The molecule has 2 aliphatic heterocycles. The number of hydrogen-bond donors (Lipinski definition) is 10. The van der Waals surface area contributed by atoms with Gasteiger partial charge in [-0.2, -0.15) is 15.7 Å². The van der Waals surface area contributed by atoms with Gasteiger partial charge in [-0.25, -0.2) is 8.78 Å². The van der Waals surface area contributed by atoms with Crippen LogP contribution in [0.15, 0.2) is 152 Å². The zero-order valence-corrected chi connectivity index (χ0v) is 42.6. The molecule has 4 atom stereocenters. The predicted octanol–water partition coefficient (Wildman–Crippen LogP) is 6.69. The number of rotatable bonds is 12. The molecule has 0 saturated carbocycles. The molecule has 4 heterocycles. The molecule has 24 nitrogen and oxygen atoms in total. The molecular weight excluding hydrogens is 985 g/mol. The minimum absolute atomic E-state index is 0.186. The van der Waals surface area contributed by atoms with E-state index in [2.05, 4.69) is 97.3 Å². The fourth-order valence-electron chi connectivity index (χ4n) is 8.97. The number of fused-ring (bicyclic) bond motifs is 2. The molecular formula is C50H63F2N19O5. The van der Waals surface area contributed by atoms with Crippen molar-refractivity contribution in [3.63, 3.8) is 0 Å². The number of benzene rings is 5. The second kappa shape index (κ2) is 27.7. The van der Waals surface area contributed by atoms with E-state index in [1.54, 1.807) is 47.5 Å². The monoisotopic (exact) mass is 1050 g/mol. The first-order chi connectivity index (χ1) is 36.6. The van der Waals surface area contributed by atoms with Crippen molar-refractivity contribution in [3.05, 3.63) is 132 Å². The first-order valence-corrected chi connectivity index (χ1v) is 23.6. The van der Waals surface area contributed by atoms with E-state index in [1.165, 1.54) is 29.8 Å². The molecule has 7 aromatic rings. The molecule has 0 spiro atoms. The normalized spacial score (nSPS) is 17.9. The minimum Gasteiger partial charge on any atom is -0.400 e. The Morgan fingerprint density at radius 3 is 1.55 bits per heavy atom. The molecule has 26 heteroatoms. The molecule has 2 fully saturated rings. The van der Waals surface area contributed by atoms with Crippen LogP contribution in [0, 0.1) is 28.0 Å². The molecule has 5 aromatic carbocycles. The number of amides is 2. The van der Waals surface area contributed by atoms with Gasteiger partial charge in [0.05, 0.1) is 34.1 Å². The number of aryl methyl sites for hydroxylation is 2. The largest absolute Gasteiger partial charge is 0.400 e. The standard InChI is InChI=1S/C28H29FN4O2.C21H23FN4O2.CH4O.H4N6.H3N5/c1-19(34)28(14-15-33(18-28)17-20-6-4-3-5-7-20)27(35)30-23-12-13-25-24(16-23)26(31-32(25)2)21-8-10-22(29)11-9-21;1-13(27)21(9-10-23-12-21)20(28)24-16-7-8-18-17(11-16)19(25-26(18)2)14-3-5-15(22)6-4-14;1-2;1-3-5-6-4-2;1-3-5-4-2/h3-13,16,19,34H,14-15,17-18H2,1-2H3,(H,30,35);3-8,11,13,23,27H,9-10,12H2,1-2H3,(H,24,28);2H,1H3;(H2,1,4,5)(H2,2,3,6);(H3,1,2,5). The average Bonchev–Trinajstić information content (AvgIpc) is 4.24. The molecule has 402 valence electrons. The van der Waals surface area contributed by atoms with Crippen LogP contribution in [0.2, 0.25) is 0 Å². The summed E-state index contributed by atoms with van der Waals surface area (Å²) in [7, 11) is 4.70. The van der Waals surface area contributed by atoms with E-state index < -0.39 is 23.0 Å². The number of nitrogens with two attached hydrogens (primary N) is 3. The zero-order valence-electron chi connectivity index (χ0n) is 42.6. The number of aliphatic hydroxyl groups excluding tert-OH is 3. The Hall–Kier alpha value is -8.56. The van der Waals surface area contributed by atoms with Crippen LogP contribution in [0.3, 0.4) is 0 Å². The van der Waals surface area contributed by atoms with Gasteiger partial charge in [0.25, 0.3) is 0 Å². The highest BCUT2D eigenvalue weighted by atomic mass is 19.1. The quantitative estimate of drug-likeness (QED) is 0.0348. The van der Waals surface area contributed by atoms with Gasteiger partial charge in [-0.3, -0.25) is 23.9 Å². The van der Waals surface area contributed by atoms with Crippen molar-refractivity contribution in [1.29, 1.82) is 5.53 Å². The first-order valence-electron chi connectivity index (χ1n) is 23.6. The van der Waals surface area contributed by atoms with Gasteiger partial charge in [-0.1, -0.05) is 46.0 Å². The van der Waals surface area contributed by atoms with Crippen molar-refractivity contribution >= 4 is 45.0 Å². The van der Waals surface area contributed by atoms with Crippen molar-refractivity contribution in [2.75, 3.05) is 43.9 Å². The number of hydrogen-bond acceptors (Lipinski definition) is 13. The lowest BCUT2D eigenvalue weighted by molar-refractivity contribution is -0.131. The number of anilines is 2. The van der Waals surface area contributed by atoms with Crippen molar-refractivity contribution in [3.8, 4) is 22.5 Å². The Kier molecular flexibility index (Phi) is 21.2. The third kappa shape index (κ3) is 14.2. The number of aliphatic hydroxyl groups is 3. The van der Waals surface area contributed by atoms with Gasteiger partial charge < -0.3 is 48.8 Å². The van der Waals surface area contributed by atoms with E-state index >= 15 is 0 Å². The summed E-state index contributed by atoms with van der Waals surface area (Å²) in [5.41, 5.74) is 11.5. The van der Waals surface area contributed by atoms with Crippen LogP contribution in [0.1, 0.15) is 32.3 Å². The highest BCUT2D eigenvalue weighted by molar-refractivity contribution is 6.02. The highest BCUT2D eigenvalue weighted by Crippen LogP contribution is 2.38. The Bertz CT molecular complexity index is 3080. The molecule has 2 saturated heterocycles. The summed E-state index contributed by atoms with van der Waals surface area (Å²) in [6.07, 6.45) is -0.370. The molecule has 0 radical (unpaired) electrons. The molecule has 2 aromatic heterocycles. The fourth-order valence-corrected chi connectivity index (χ4v) is 8.97. The van der Waals surface area contributed by atoms with Crippen LogP contribution in [-0.2, 0) is 30.2 Å². The van der Waals surface area contributed by atoms with Crippen LogP contribution < -0.4 is 33.5 Å². The van der Waals surface area contributed by atoms with E-state index in [0.29, 0.717) is 43.9 Å². The summed E-state index contributed by atoms with van der Waals surface area (Å²) < 4.78 is 30.2.